The van der Waals surface area contributed by atoms with Crippen LogP contribution < -0.4 is 0 Å². The summed E-state index contributed by atoms with van der Waals surface area (Å²) < 4.78 is 5.10. The van der Waals surface area contributed by atoms with Crippen LogP contribution in [0.25, 0.3) is 0 Å². The average Bonchev–Trinajstić information content (AvgIpc) is 2.14. The summed E-state index contributed by atoms with van der Waals surface area (Å²) in [6.45, 7) is 4.10. The van der Waals surface area contributed by atoms with Gasteiger partial charge in [-0.05, 0) is 0 Å². The van der Waals surface area contributed by atoms with Crippen molar-refractivity contribution < 1.29 is 4.42 Å². The molecule has 0 fully saturated rings. The Morgan fingerprint density at radius 1 is 1.67 bits per heavy atom. The molecule has 1 aromatic heterocycles. The van der Waals surface area contributed by atoms with E-state index in [1.54, 1.807) is 6.20 Å². The van der Waals surface area contributed by atoms with Crippen LogP contribution in [0.4, 0.5) is 0 Å². The first-order valence-corrected chi connectivity index (χ1v) is 3.29. The third-order valence-electron chi connectivity index (χ3n) is 1.08. The van der Waals surface area contributed by atoms with Crippen molar-refractivity contribution in [3.63, 3.8) is 0 Å². The Morgan fingerprint density at radius 3 is 2.56 bits per heavy atom. The topological polar surface area (TPSA) is 26.0 Å². The van der Waals surface area contributed by atoms with Gasteiger partial charge in [-0.3, -0.25) is 0 Å². The van der Waals surface area contributed by atoms with Gasteiger partial charge in [0.25, 0.3) is 5.22 Å². The Balaban J connectivity index is 2.85. The van der Waals surface area contributed by atoms with Crippen molar-refractivity contribution in [1.82, 2.24) is 4.98 Å². The van der Waals surface area contributed by atoms with Gasteiger partial charge in [0.15, 0.2) is 0 Å². The third-order valence-corrected chi connectivity index (χ3v) is 1.29. The molecule has 2 nitrogen and oxygen atoms in total. The lowest BCUT2D eigenvalue weighted by Gasteiger charge is -1.94. The van der Waals surface area contributed by atoms with Crippen molar-refractivity contribution in [2.75, 3.05) is 0 Å². The van der Waals surface area contributed by atoms with Gasteiger partial charge in [-0.15, -0.1) is 0 Å². The van der Waals surface area contributed by atoms with E-state index in [1.807, 2.05) is 13.8 Å². The summed E-state index contributed by atoms with van der Waals surface area (Å²) in [6.07, 6.45) is 1.70. The molecule has 0 saturated carbocycles. The first-order valence-electron chi connectivity index (χ1n) is 2.85. The number of aromatic nitrogens is 1. The molecule has 0 radical (unpaired) electrons. The zero-order chi connectivity index (χ0) is 6.85. The van der Waals surface area contributed by atoms with Gasteiger partial charge in [-0.25, -0.2) is 4.98 Å². The lowest BCUT2D eigenvalue weighted by atomic mass is 10.2. The summed E-state index contributed by atoms with van der Waals surface area (Å²) in [5.41, 5.74) is 0. The van der Waals surface area contributed by atoms with E-state index in [-0.39, 0.29) is 0 Å². The molecule has 0 bridgehead atoms. The molecule has 0 unspecified atom stereocenters. The maximum atomic E-state index is 5.10. The van der Waals surface area contributed by atoms with E-state index < -0.39 is 0 Å². The molecule has 9 heavy (non-hydrogen) atoms. The van der Waals surface area contributed by atoms with Crippen molar-refractivity contribution in [3.05, 3.63) is 12.0 Å². The fourth-order valence-corrected chi connectivity index (χ4v) is 0.707. The number of hydrogen-bond acceptors (Lipinski definition) is 3. The number of rotatable bonds is 1. The van der Waals surface area contributed by atoms with Crippen molar-refractivity contribution in [2.24, 2.45) is 0 Å². The summed E-state index contributed by atoms with van der Waals surface area (Å²) >= 11 is 3.92. The highest BCUT2D eigenvalue weighted by atomic mass is 32.1. The third kappa shape index (κ3) is 1.48. The molecular weight excluding hydrogens is 134 g/mol. The van der Waals surface area contributed by atoms with E-state index in [0.717, 1.165) is 5.76 Å². The first-order chi connectivity index (χ1) is 4.20. The minimum Gasteiger partial charge on any atom is -0.436 e. The SMILES string of the molecule is CC(C)c1cnc(S)o1. The van der Waals surface area contributed by atoms with E-state index >= 15 is 0 Å². The first kappa shape index (κ1) is 6.68. The summed E-state index contributed by atoms with van der Waals surface area (Å²) in [6, 6.07) is 0. The fraction of sp³-hybridized carbons (Fsp3) is 0.500. The average molecular weight is 143 g/mol. The molecule has 50 valence electrons. The summed E-state index contributed by atoms with van der Waals surface area (Å²) in [5.74, 6) is 1.29. The summed E-state index contributed by atoms with van der Waals surface area (Å²) in [5, 5.41) is 0.443. The van der Waals surface area contributed by atoms with Crippen LogP contribution >= 0.6 is 12.6 Å². The Labute approximate surface area is 59.7 Å². The predicted octanol–water partition coefficient (Wildman–Crippen LogP) is 2.09. The molecule has 0 aliphatic carbocycles. The van der Waals surface area contributed by atoms with Gasteiger partial charge in [0.05, 0.1) is 6.20 Å². The molecule has 0 N–H and O–H groups in total. The number of hydrogen-bond donors (Lipinski definition) is 1. The van der Waals surface area contributed by atoms with Gasteiger partial charge in [0, 0.05) is 5.92 Å². The molecule has 0 aromatic carbocycles. The second-order valence-corrected chi connectivity index (χ2v) is 2.58. The molecule has 3 heteroatoms. The van der Waals surface area contributed by atoms with Gasteiger partial charge in [0.1, 0.15) is 5.76 Å². The van der Waals surface area contributed by atoms with Crippen molar-refractivity contribution in [3.8, 4) is 0 Å². The van der Waals surface area contributed by atoms with Crippen LogP contribution in [0.2, 0.25) is 0 Å². The molecule has 1 rings (SSSR count). The number of oxazole rings is 1. The van der Waals surface area contributed by atoms with E-state index in [9.17, 15) is 0 Å². The lowest BCUT2D eigenvalue weighted by Crippen LogP contribution is -1.79. The number of thiol groups is 1. The highest BCUT2D eigenvalue weighted by molar-refractivity contribution is 7.80. The van der Waals surface area contributed by atoms with Crippen molar-refractivity contribution in [2.45, 2.75) is 25.0 Å². The molecule has 0 spiro atoms. The van der Waals surface area contributed by atoms with E-state index in [4.69, 9.17) is 4.42 Å². The van der Waals surface area contributed by atoms with Crippen LogP contribution in [0, 0.1) is 0 Å². The second kappa shape index (κ2) is 2.43. The van der Waals surface area contributed by atoms with Gasteiger partial charge in [0.2, 0.25) is 0 Å². The molecule has 0 aliphatic heterocycles. The molecule has 0 aliphatic rings. The summed E-state index contributed by atoms with van der Waals surface area (Å²) in [4.78, 5) is 3.84. The highest BCUT2D eigenvalue weighted by Crippen LogP contribution is 2.16. The second-order valence-electron chi connectivity index (χ2n) is 2.20. The largest absolute Gasteiger partial charge is 0.436 e. The molecule has 1 aromatic rings. The zero-order valence-corrected chi connectivity index (χ0v) is 6.35. The van der Waals surface area contributed by atoms with Crippen LogP contribution in [-0.4, -0.2) is 4.98 Å². The predicted molar refractivity (Wildman–Crippen MR) is 37.8 cm³/mol. The minimum absolute atomic E-state index is 0.401. The van der Waals surface area contributed by atoms with Crippen LogP contribution in [0.1, 0.15) is 25.5 Å². The maximum absolute atomic E-state index is 5.10. The van der Waals surface area contributed by atoms with Crippen LogP contribution in [-0.2, 0) is 0 Å². The zero-order valence-electron chi connectivity index (χ0n) is 5.46. The summed E-state index contributed by atoms with van der Waals surface area (Å²) in [7, 11) is 0. The quantitative estimate of drug-likeness (QED) is 0.609. The Bertz CT molecular complexity index is 195. The monoisotopic (exact) mass is 143 g/mol. The molecule has 1 heterocycles. The van der Waals surface area contributed by atoms with Crippen LogP contribution in [0.15, 0.2) is 15.8 Å². The van der Waals surface area contributed by atoms with Crippen molar-refractivity contribution in [1.29, 1.82) is 0 Å². The van der Waals surface area contributed by atoms with E-state index in [2.05, 4.69) is 17.6 Å². The van der Waals surface area contributed by atoms with Gasteiger partial charge in [-0.2, -0.15) is 0 Å². The smallest absolute Gasteiger partial charge is 0.252 e. The Morgan fingerprint density at radius 2 is 2.33 bits per heavy atom. The fourth-order valence-electron chi connectivity index (χ4n) is 0.544. The maximum Gasteiger partial charge on any atom is 0.252 e. The van der Waals surface area contributed by atoms with Crippen LogP contribution in [0.3, 0.4) is 0 Å². The minimum atomic E-state index is 0.401. The molecule has 0 amide bonds. The van der Waals surface area contributed by atoms with Gasteiger partial charge >= 0.3 is 0 Å². The molecule has 0 saturated heterocycles. The van der Waals surface area contributed by atoms with Crippen molar-refractivity contribution >= 4 is 12.6 Å². The van der Waals surface area contributed by atoms with E-state index in [0.29, 0.717) is 11.1 Å². The molecular formula is C6H9NOS. The highest BCUT2D eigenvalue weighted by Gasteiger charge is 2.03. The van der Waals surface area contributed by atoms with E-state index in [1.165, 1.54) is 0 Å². The standard InChI is InChI=1S/C6H9NOS/c1-4(2)5-3-7-6(9)8-5/h3-4H,1-2H3,(H,7,9). The van der Waals surface area contributed by atoms with Gasteiger partial charge < -0.3 is 4.42 Å². The Kier molecular flexibility index (Phi) is 1.81. The number of nitrogens with zero attached hydrogens (tertiary/aromatic N) is 1. The Hall–Kier alpha value is -0.440. The lowest BCUT2D eigenvalue weighted by molar-refractivity contribution is 0.404. The normalized spacial score (nSPS) is 10.7. The van der Waals surface area contributed by atoms with Crippen LogP contribution in [0.5, 0.6) is 0 Å². The molecule has 0 atom stereocenters. The van der Waals surface area contributed by atoms with Gasteiger partial charge in [-0.1, -0.05) is 26.5 Å².